The number of hydroxylamine groups is 1. The smallest absolute Gasteiger partial charge is 0.274 e. The van der Waals surface area contributed by atoms with E-state index in [1.54, 1.807) is 47.9 Å². The Kier molecular flexibility index (Phi) is 4.65. The predicted molar refractivity (Wildman–Crippen MR) is 109 cm³/mol. The average Bonchev–Trinajstić information content (AvgIpc) is 3.16. The van der Waals surface area contributed by atoms with Crippen LogP contribution in [0.1, 0.15) is 10.4 Å². The van der Waals surface area contributed by atoms with Crippen molar-refractivity contribution >= 4 is 26.8 Å². The summed E-state index contributed by atoms with van der Waals surface area (Å²) in [5, 5.41) is 8.79. The lowest BCUT2D eigenvalue weighted by Crippen LogP contribution is -2.18. The molecule has 0 atom stereocenters. The summed E-state index contributed by atoms with van der Waals surface area (Å²) >= 11 is 0. The van der Waals surface area contributed by atoms with Crippen LogP contribution in [0, 0.1) is 0 Å². The number of H-pyrrole nitrogens is 1. The number of imidazole rings is 1. The summed E-state index contributed by atoms with van der Waals surface area (Å²) in [6.45, 7) is 0. The maximum Gasteiger partial charge on any atom is 0.274 e. The van der Waals surface area contributed by atoms with E-state index in [2.05, 4.69) is 9.97 Å². The third kappa shape index (κ3) is 3.75. The molecule has 1 amide bonds. The first kappa shape index (κ1) is 18.9. The Morgan fingerprint density at radius 1 is 0.966 bits per heavy atom. The summed E-state index contributed by atoms with van der Waals surface area (Å²) in [6, 6.07) is 19.3. The summed E-state index contributed by atoms with van der Waals surface area (Å²) in [7, 11) is -3.24. The first-order valence-electron chi connectivity index (χ1n) is 8.70. The van der Waals surface area contributed by atoms with Crippen molar-refractivity contribution < 1.29 is 18.4 Å². The molecule has 7 nitrogen and oxygen atoms in total. The lowest BCUT2D eigenvalue weighted by Gasteiger charge is -2.05. The molecule has 4 rings (SSSR count). The van der Waals surface area contributed by atoms with Crippen molar-refractivity contribution in [3.63, 3.8) is 0 Å². The van der Waals surface area contributed by atoms with E-state index in [0.717, 1.165) is 16.7 Å². The monoisotopic (exact) mass is 407 g/mol. The number of hydrogen-bond donors (Lipinski definition) is 3. The summed E-state index contributed by atoms with van der Waals surface area (Å²) in [4.78, 5) is 19.6. The molecular formula is C21H17N3O4S. The highest BCUT2D eigenvalue weighted by Gasteiger charge is 2.11. The maximum absolute atomic E-state index is 11.6. The van der Waals surface area contributed by atoms with Crippen LogP contribution in [-0.2, 0) is 9.84 Å². The summed E-state index contributed by atoms with van der Waals surface area (Å²) < 4.78 is 23.3. The molecule has 4 aromatic rings. The first-order chi connectivity index (χ1) is 13.8. The zero-order chi connectivity index (χ0) is 20.6. The van der Waals surface area contributed by atoms with Gasteiger partial charge in [-0.1, -0.05) is 30.3 Å². The zero-order valence-corrected chi connectivity index (χ0v) is 16.2. The number of sulfone groups is 1. The fourth-order valence-electron chi connectivity index (χ4n) is 3.09. The van der Waals surface area contributed by atoms with E-state index in [1.165, 1.54) is 6.26 Å². The van der Waals surface area contributed by atoms with E-state index in [9.17, 15) is 13.2 Å². The van der Waals surface area contributed by atoms with Crippen molar-refractivity contribution in [1.29, 1.82) is 0 Å². The molecule has 8 heteroatoms. The van der Waals surface area contributed by atoms with Crippen molar-refractivity contribution in [2.75, 3.05) is 6.26 Å². The third-order valence-corrected chi connectivity index (χ3v) is 5.73. The minimum absolute atomic E-state index is 0.275. The highest BCUT2D eigenvalue weighted by atomic mass is 32.2. The van der Waals surface area contributed by atoms with Crippen LogP contribution in [0.2, 0.25) is 0 Å². The van der Waals surface area contributed by atoms with Crippen molar-refractivity contribution in [2.45, 2.75) is 4.90 Å². The van der Waals surface area contributed by atoms with E-state index in [4.69, 9.17) is 5.21 Å². The number of rotatable bonds is 4. The molecular weight excluding hydrogens is 390 g/mol. The number of fused-ring (bicyclic) bond motifs is 1. The summed E-state index contributed by atoms with van der Waals surface area (Å²) in [5.41, 5.74) is 5.94. The highest BCUT2D eigenvalue weighted by molar-refractivity contribution is 7.90. The molecule has 0 fully saturated rings. The van der Waals surface area contributed by atoms with Crippen LogP contribution in [0.3, 0.4) is 0 Å². The van der Waals surface area contributed by atoms with Crippen LogP contribution in [0.4, 0.5) is 0 Å². The minimum Gasteiger partial charge on any atom is -0.338 e. The summed E-state index contributed by atoms with van der Waals surface area (Å²) in [5.74, 6) is 0.0405. The quantitative estimate of drug-likeness (QED) is 0.354. The Bertz CT molecular complexity index is 1330. The summed E-state index contributed by atoms with van der Waals surface area (Å²) in [6.07, 6.45) is 1.18. The standard InChI is InChI=1S/C21H17N3O4S/c1-29(27,28)17-8-5-13(6-9-17)14-3-2-4-15(11-14)20-22-18-10-7-16(21(25)24-26)12-19(18)23-20/h2-12,26H,1H3,(H,22,23)(H,24,25). The van der Waals surface area contributed by atoms with Crippen molar-refractivity contribution in [2.24, 2.45) is 0 Å². The van der Waals surface area contributed by atoms with Gasteiger partial charge in [-0.3, -0.25) is 10.0 Å². The molecule has 0 bridgehead atoms. The van der Waals surface area contributed by atoms with Gasteiger partial charge in [-0.2, -0.15) is 0 Å². The van der Waals surface area contributed by atoms with Crippen LogP contribution in [0.15, 0.2) is 71.6 Å². The molecule has 0 saturated heterocycles. The van der Waals surface area contributed by atoms with Gasteiger partial charge < -0.3 is 4.98 Å². The van der Waals surface area contributed by atoms with E-state index in [0.29, 0.717) is 22.4 Å². The molecule has 146 valence electrons. The van der Waals surface area contributed by atoms with Gasteiger partial charge in [0.1, 0.15) is 5.82 Å². The molecule has 0 saturated carbocycles. The lowest BCUT2D eigenvalue weighted by atomic mass is 10.0. The lowest BCUT2D eigenvalue weighted by molar-refractivity contribution is 0.0706. The normalized spacial score (nSPS) is 11.5. The fraction of sp³-hybridized carbons (Fsp3) is 0.0476. The second-order valence-corrected chi connectivity index (χ2v) is 8.65. The van der Waals surface area contributed by atoms with E-state index >= 15 is 0 Å². The predicted octanol–water partition coefficient (Wildman–Crippen LogP) is 3.42. The number of benzene rings is 3. The van der Waals surface area contributed by atoms with Crippen LogP contribution < -0.4 is 5.48 Å². The number of amides is 1. The van der Waals surface area contributed by atoms with Gasteiger partial charge in [-0.05, 0) is 47.5 Å². The Balaban J connectivity index is 1.71. The maximum atomic E-state index is 11.6. The number of aromatic amines is 1. The third-order valence-electron chi connectivity index (χ3n) is 4.60. The first-order valence-corrected chi connectivity index (χ1v) is 10.6. The molecule has 0 unspecified atom stereocenters. The minimum atomic E-state index is -3.24. The largest absolute Gasteiger partial charge is 0.338 e. The molecule has 0 aliphatic rings. The molecule has 1 heterocycles. The second kappa shape index (κ2) is 7.16. The van der Waals surface area contributed by atoms with Crippen LogP contribution >= 0.6 is 0 Å². The molecule has 0 spiro atoms. The molecule has 0 aliphatic carbocycles. The molecule has 1 aromatic heterocycles. The Hall–Kier alpha value is -3.49. The van der Waals surface area contributed by atoms with Gasteiger partial charge in [0, 0.05) is 17.4 Å². The number of aromatic nitrogens is 2. The molecule has 3 N–H and O–H groups in total. The Labute approximate surface area is 166 Å². The average molecular weight is 407 g/mol. The number of nitrogens with one attached hydrogen (secondary N) is 2. The molecule has 0 radical (unpaired) electrons. The van der Waals surface area contributed by atoms with E-state index < -0.39 is 15.7 Å². The topological polar surface area (TPSA) is 112 Å². The van der Waals surface area contributed by atoms with Crippen LogP contribution in [0.5, 0.6) is 0 Å². The van der Waals surface area contributed by atoms with E-state index in [-0.39, 0.29) is 4.90 Å². The zero-order valence-electron chi connectivity index (χ0n) is 15.4. The number of hydrogen-bond acceptors (Lipinski definition) is 5. The van der Waals surface area contributed by atoms with Gasteiger partial charge in [0.05, 0.1) is 15.9 Å². The molecule has 0 aliphatic heterocycles. The molecule has 3 aromatic carbocycles. The van der Waals surface area contributed by atoms with Gasteiger partial charge in [-0.15, -0.1) is 0 Å². The Morgan fingerprint density at radius 2 is 1.69 bits per heavy atom. The van der Waals surface area contributed by atoms with Crippen LogP contribution in [0.25, 0.3) is 33.5 Å². The van der Waals surface area contributed by atoms with Crippen molar-refractivity contribution in [1.82, 2.24) is 15.4 Å². The fourth-order valence-corrected chi connectivity index (χ4v) is 3.72. The van der Waals surface area contributed by atoms with Crippen molar-refractivity contribution in [3.05, 3.63) is 72.3 Å². The number of nitrogens with zero attached hydrogens (tertiary/aromatic N) is 1. The Morgan fingerprint density at radius 3 is 2.38 bits per heavy atom. The van der Waals surface area contributed by atoms with Gasteiger partial charge in [-0.25, -0.2) is 18.9 Å². The highest BCUT2D eigenvalue weighted by Crippen LogP contribution is 2.27. The van der Waals surface area contributed by atoms with Gasteiger partial charge >= 0.3 is 0 Å². The van der Waals surface area contributed by atoms with Gasteiger partial charge in [0.2, 0.25) is 0 Å². The van der Waals surface area contributed by atoms with Gasteiger partial charge in [0.25, 0.3) is 5.91 Å². The van der Waals surface area contributed by atoms with Crippen LogP contribution in [-0.4, -0.2) is 35.8 Å². The SMILES string of the molecule is CS(=O)(=O)c1ccc(-c2cccc(-c3nc4ccc(C(=O)NO)cc4[nH]3)c2)cc1. The van der Waals surface area contributed by atoms with Crippen molar-refractivity contribution in [3.8, 4) is 22.5 Å². The second-order valence-electron chi connectivity index (χ2n) is 6.64. The van der Waals surface area contributed by atoms with E-state index in [1.807, 2.05) is 24.3 Å². The molecule has 29 heavy (non-hydrogen) atoms. The van der Waals surface area contributed by atoms with Gasteiger partial charge in [0.15, 0.2) is 9.84 Å². The number of carbonyl (C=O) groups excluding carboxylic acids is 1. The number of carbonyl (C=O) groups is 1.